The first-order valence-electron chi connectivity index (χ1n) is 4.66. The third kappa shape index (κ3) is 2.06. The van der Waals surface area contributed by atoms with Gasteiger partial charge < -0.3 is 4.98 Å². The molecule has 2 nitrogen and oxygen atoms in total. The van der Waals surface area contributed by atoms with Crippen molar-refractivity contribution in [1.82, 2.24) is 4.98 Å². The highest BCUT2D eigenvalue weighted by Gasteiger charge is 2.07. The lowest BCUT2D eigenvalue weighted by atomic mass is 10.1. The van der Waals surface area contributed by atoms with E-state index in [1.807, 2.05) is 6.92 Å². The second kappa shape index (κ2) is 4.21. The normalized spacial score (nSPS) is 10.1. The van der Waals surface area contributed by atoms with E-state index in [4.69, 9.17) is 28.5 Å². The van der Waals surface area contributed by atoms with E-state index in [0.29, 0.717) is 15.6 Å². The first-order chi connectivity index (χ1) is 7.60. The number of aromatic amines is 1. The zero-order chi connectivity index (χ0) is 11.7. The van der Waals surface area contributed by atoms with E-state index >= 15 is 0 Å². The SMILES string of the molecule is Cc1[nH]c(-c2cc(Cl)cc(Cl)c2)cc1C#N. The van der Waals surface area contributed by atoms with Gasteiger partial charge in [0.15, 0.2) is 0 Å². The summed E-state index contributed by atoms with van der Waals surface area (Å²) < 4.78 is 0. The van der Waals surface area contributed by atoms with Crippen molar-refractivity contribution in [3.8, 4) is 17.3 Å². The van der Waals surface area contributed by atoms with Crippen molar-refractivity contribution in [3.05, 3.63) is 45.6 Å². The first-order valence-corrected chi connectivity index (χ1v) is 5.42. The van der Waals surface area contributed by atoms with E-state index < -0.39 is 0 Å². The number of nitriles is 1. The van der Waals surface area contributed by atoms with E-state index in [-0.39, 0.29) is 0 Å². The molecule has 0 saturated carbocycles. The Bertz CT molecular complexity index is 559. The number of aromatic nitrogens is 1. The number of benzene rings is 1. The van der Waals surface area contributed by atoms with E-state index in [9.17, 15) is 0 Å². The van der Waals surface area contributed by atoms with Crippen LogP contribution in [0.15, 0.2) is 24.3 Å². The number of hydrogen-bond acceptors (Lipinski definition) is 1. The second-order valence-electron chi connectivity index (χ2n) is 3.49. The van der Waals surface area contributed by atoms with Crippen LogP contribution in [0, 0.1) is 18.3 Å². The molecular weight excluding hydrogens is 243 g/mol. The molecule has 0 aliphatic carbocycles. The maximum Gasteiger partial charge on any atom is 0.101 e. The molecule has 1 N–H and O–H groups in total. The Morgan fingerprint density at radius 2 is 1.75 bits per heavy atom. The molecule has 0 aliphatic rings. The number of aryl methyl sites for hydroxylation is 1. The van der Waals surface area contributed by atoms with Gasteiger partial charge in [-0.1, -0.05) is 23.2 Å². The van der Waals surface area contributed by atoms with Gasteiger partial charge in [0.05, 0.1) is 5.56 Å². The van der Waals surface area contributed by atoms with Gasteiger partial charge in [0.1, 0.15) is 6.07 Å². The van der Waals surface area contributed by atoms with Crippen LogP contribution in [0.4, 0.5) is 0 Å². The summed E-state index contributed by atoms with van der Waals surface area (Å²) in [5.74, 6) is 0. The largest absolute Gasteiger partial charge is 0.358 e. The van der Waals surface area contributed by atoms with Gasteiger partial charge in [-0.2, -0.15) is 5.26 Å². The molecule has 1 aromatic heterocycles. The summed E-state index contributed by atoms with van der Waals surface area (Å²) in [6, 6.07) is 9.19. The molecule has 2 rings (SSSR count). The lowest BCUT2D eigenvalue weighted by Crippen LogP contribution is -1.78. The van der Waals surface area contributed by atoms with E-state index in [1.165, 1.54) is 0 Å². The lowest BCUT2D eigenvalue weighted by molar-refractivity contribution is 1.25. The number of rotatable bonds is 1. The highest BCUT2D eigenvalue weighted by Crippen LogP contribution is 2.27. The predicted molar refractivity (Wildman–Crippen MR) is 65.7 cm³/mol. The smallest absolute Gasteiger partial charge is 0.101 e. The van der Waals surface area contributed by atoms with Crippen molar-refractivity contribution in [3.63, 3.8) is 0 Å². The van der Waals surface area contributed by atoms with Crippen molar-refractivity contribution in [2.45, 2.75) is 6.92 Å². The monoisotopic (exact) mass is 250 g/mol. The number of halogens is 2. The van der Waals surface area contributed by atoms with Crippen LogP contribution in [-0.4, -0.2) is 4.98 Å². The molecule has 0 saturated heterocycles. The van der Waals surface area contributed by atoms with Gasteiger partial charge in [-0.25, -0.2) is 0 Å². The fourth-order valence-electron chi connectivity index (χ4n) is 1.54. The summed E-state index contributed by atoms with van der Waals surface area (Å²) in [6.07, 6.45) is 0. The molecule has 0 aliphatic heterocycles. The Morgan fingerprint density at radius 3 is 2.25 bits per heavy atom. The molecule has 16 heavy (non-hydrogen) atoms. The molecule has 1 aromatic carbocycles. The zero-order valence-electron chi connectivity index (χ0n) is 8.51. The highest BCUT2D eigenvalue weighted by atomic mass is 35.5. The molecule has 0 spiro atoms. The highest BCUT2D eigenvalue weighted by molar-refractivity contribution is 6.35. The Morgan fingerprint density at radius 1 is 1.12 bits per heavy atom. The predicted octanol–water partition coefficient (Wildman–Crippen LogP) is 4.17. The Labute approximate surface area is 103 Å². The van der Waals surface area contributed by atoms with Crippen LogP contribution >= 0.6 is 23.2 Å². The first kappa shape index (κ1) is 11.1. The third-order valence-corrected chi connectivity index (χ3v) is 2.75. The second-order valence-corrected chi connectivity index (χ2v) is 4.36. The van der Waals surface area contributed by atoms with Crippen LogP contribution in [-0.2, 0) is 0 Å². The molecule has 4 heteroatoms. The van der Waals surface area contributed by atoms with Crippen molar-refractivity contribution < 1.29 is 0 Å². The minimum atomic E-state index is 0.577. The summed E-state index contributed by atoms with van der Waals surface area (Å²) in [4.78, 5) is 3.13. The molecule has 0 radical (unpaired) electrons. The van der Waals surface area contributed by atoms with E-state index in [0.717, 1.165) is 17.0 Å². The Kier molecular flexibility index (Phi) is 2.91. The third-order valence-electron chi connectivity index (χ3n) is 2.31. The fourth-order valence-corrected chi connectivity index (χ4v) is 2.07. The Balaban J connectivity index is 2.55. The molecule has 2 aromatic rings. The van der Waals surface area contributed by atoms with Gasteiger partial charge in [-0.15, -0.1) is 0 Å². The topological polar surface area (TPSA) is 39.6 Å². The van der Waals surface area contributed by atoms with E-state index in [1.54, 1.807) is 24.3 Å². The molecule has 0 atom stereocenters. The van der Waals surface area contributed by atoms with Crippen LogP contribution in [0.5, 0.6) is 0 Å². The average Bonchev–Trinajstić information content (AvgIpc) is 2.58. The van der Waals surface area contributed by atoms with Gasteiger partial charge in [0.25, 0.3) is 0 Å². The maximum absolute atomic E-state index is 8.87. The van der Waals surface area contributed by atoms with Crippen molar-refractivity contribution in [2.75, 3.05) is 0 Å². The number of nitrogens with one attached hydrogen (secondary N) is 1. The Hall–Kier alpha value is -1.43. The van der Waals surface area contributed by atoms with Crippen LogP contribution < -0.4 is 0 Å². The molecule has 0 amide bonds. The van der Waals surface area contributed by atoms with Gasteiger partial charge in [-0.05, 0) is 31.2 Å². The quantitative estimate of drug-likeness (QED) is 0.811. The van der Waals surface area contributed by atoms with Gasteiger partial charge >= 0.3 is 0 Å². The van der Waals surface area contributed by atoms with Crippen LogP contribution in [0.3, 0.4) is 0 Å². The van der Waals surface area contributed by atoms with Gasteiger partial charge in [0.2, 0.25) is 0 Å². The standard InChI is InChI=1S/C12H8Cl2N2/c1-7-9(6-15)4-12(16-7)8-2-10(13)5-11(14)3-8/h2-5,16H,1H3. The van der Waals surface area contributed by atoms with Crippen LogP contribution in [0.2, 0.25) is 10.0 Å². The van der Waals surface area contributed by atoms with Gasteiger partial charge in [0, 0.05) is 27.0 Å². The summed E-state index contributed by atoms with van der Waals surface area (Å²) in [6.45, 7) is 1.86. The maximum atomic E-state index is 8.87. The van der Waals surface area contributed by atoms with Crippen molar-refractivity contribution in [2.24, 2.45) is 0 Å². The minimum Gasteiger partial charge on any atom is -0.358 e. The molecular formula is C12H8Cl2N2. The van der Waals surface area contributed by atoms with Crippen molar-refractivity contribution >= 4 is 23.2 Å². The zero-order valence-corrected chi connectivity index (χ0v) is 10.0. The molecule has 0 unspecified atom stereocenters. The van der Waals surface area contributed by atoms with Crippen molar-refractivity contribution in [1.29, 1.82) is 5.26 Å². The molecule has 1 heterocycles. The number of nitrogens with zero attached hydrogens (tertiary/aromatic N) is 1. The molecule has 0 fully saturated rings. The summed E-state index contributed by atoms with van der Waals surface area (Å²) in [7, 11) is 0. The molecule has 80 valence electrons. The summed E-state index contributed by atoms with van der Waals surface area (Å²) in [5.41, 5.74) is 3.19. The number of H-pyrrole nitrogens is 1. The lowest BCUT2D eigenvalue weighted by Gasteiger charge is -2.00. The molecule has 0 bridgehead atoms. The fraction of sp³-hybridized carbons (Fsp3) is 0.0833. The summed E-state index contributed by atoms with van der Waals surface area (Å²) in [5, 5.41) is 10.0. The van der Waals surface area contributed by atoms with E-state index in [2.05, 4.69) is 11.1 Å². The average molecular weight is 251 g/mol. The van der Waals surface area contributed by atoms with Crippen LogP contribution in [0.1, 0.15) is 11.3 Å². The number of hydrogen-bond donors (Lipinski definition) is 1. The van der Waals surface area contributed by atoms with Gasteiger partial charge in [-0.3, -0.25) is 0 Å². The minimum absolute atomic E-state index is 0.577. The summed E-state index contributed by atoms with van der Waals surface area (Å²) >= 11 is 11.8. The van der Waals surface area contributed by atoms with Crippen LogP contribution in [0.25, 0.3) is 11.3 Å².